The van der Waals surface area contributed by atoms with Gasteiger partial charge in [0.15, 0.2) is 0 Å². The fourth-order valence-corrected chi connectivity index (χ4v) is 3.42. The summed E-state index contributed by atoms with van der Waals surface area (Å²) in [5.41, 5.74) is 1.38. The van der Waals surface area contributed by atoms with E-state index in [9.17, 15) is 13.2 Å². The van der Waals surface area contributed by atoms with Crippen molar-refractivity contribution in [2.24, 2.45) is 0 Å². The van der Waals surface area contributed by atoms with Gasteiger partial charge in [-0.2, -0.15) is 8.42 Å². The van der Waals surface area contributed by atoms with E-state index < -0.39 is 10.0 Å². The predicted molar refractivity (Wildman–Crippen MR) is 76.2 cm³/mol. The van der Waals surface area contributed by atoms with E-state index in [1.54, 1.807) is 18.2 Å². The summed E-state index contributed by atoms with van der Waals surface area (Å²) in [4.78, 5) is 10.9. The van der Waals surface area contributed by atoms with Gasteiger partial charge in [-0.05, 0) is 24.6 Å². The van der Waals surface area contributed by atoms with Crippen LogP contribution >= 0.6 is 11.3 Å². The van der Waals surface area contributed by atoms with E-state index in [1.807, 2.05) is 13.0 Å². The van der Waals surface area contributed by atoms with Crippen LogP contribution in [-0.4, -0.2) is 24.5 Å². The first-order valence-electron chi connectivity index (χ1n) is 5.57. The van der Waals surface area contributed by atoms with Crippen LogP contribution in [0.4, 0.5) is 10.8 Å². The monoisotopic (exact) mass is 312 g/mol. The van der Waals surface area contributed by atoms with Crippen LogP contribution in [-0.2, 0) is 14.8 Å². The topological polar surface area (TPSA) is 101 Å². The number of anilines is 2. The highest BCUT2D eigenvalue weighted by molar-refractivity contribution is 7.94. The van der Waals surface area contributed by atoms with Crippen LogP contribution in [0, 0.1) is 6.92 Å². The molecule has 7 nitrogen and oxygen atoms in total. The summed E-state index contributed by atoms with van der Waals surface area (Å²) < 4.78 is 26.4. The molecule has 1 aromatic carbocycles. The van der Waals surface area contributed by atoms with E-state index in [0.29, 0.717) is 5.69 Å². The van der Waals surface area contributed by atoms with E-state index in [2.05, 4.69) is 20.2 Å². The van der Waals surface area contributed by atoms with Crippen molar-refractivity contribution in [2.45, 2.75) is 18.2 Å². The Hall–Kier alpha value is -2.00. The number of hydrogen-bond acceptors (Lipinski definition) is 6. The smallest absolute Gasteiger partial charge is 0.291 e. The molecule has 0 saturated carbocycles. The van der Waals surface area contributed by atoms with E-state index in [-0.39, 0.29) is 15.4 Å². The van der Waals surface area contributed by atoms with Crippen LogP contribution in [0.2, 0.25) is 0 Å². The average Bonchev–Trinajstić information content (AvgIpc) is 2.76. The molecular formula is C11H12N4O3S2. The molecule has 0 aliphatic heterocycles. The SMILES string of the molecule is CC(=O)Nc1nnc(S(=O)(=O)Nc2cccc(C)c2)s1. The Morgan fingerprint density at radius 2 is 2.05 bits per heavy atom. The van der Waals surface area contributed by atoms with Crippen molar-refractivity contribution in [1.29, 1.82) is 0 Å². The number of benzene rings is 1. The number of rotatable bonds is 4. The molecule has 0 spiro atoms. The lowest BCUT2D eigenvalue weighted by Crippen LogP contribution is -2.12. The van der Waals surface area contributed by atoms with Crippen molar-refractivity contribution < 1.29 is 13.2 Å². The first-order chi connectivity index (χ1) is 9.37. The van der Waals surface area contributed by atoms with Crippen molar-refractivity contribution in [3.63, 3.8) is 0 Å². The number of sulfonamides is 1. The third-order valence-corrected chi connectivity index (χ3v) is 4.78. The summed E-state index contributed by atoms with van der Waals surface area (Å²) in [6.45, 7) is 3.16. The lowest BCUT2D eigenvalue weighted by Gasteiger charge is -2.05. The molecule has 0 bridgehead atoms. The largest absolute Gasteiger partial charge is 0.301 e. The normalized spacial score (nSPS) is 11.1. The summed E-state index contributed by atoms with van der Waals surface area (Å²) >= 11 is 0.787. The van der Waals surface area contributed by atoms with Crippen molar-refractivity contribution in [3.05, 3.63) is 29.8 Å². The van der Waals surface area contributed by atoms with Gasteiger partial charge in [-0.1, -0.05) is 23.5 Å². The van der Waals surface area contributed by atoms with Gasteiger partial charge in [0.1, 0.15) is 0 Å². The van der Waals surface area contributed by atoms with E-state index in [0.717, 1.165) is 16.9 Å². The molecule has 0 unspecified atom stereocenters. The van der Waals surface area contributed by atoms with E-state index in [1.165, 1.54) is 6.92 Å². The highest BCUT2D eigenvalue weighted by atomic mass is 32.2. The number of nitrogens with zero attached hydrogens (tertiary/aromatic N) is 2. The first-order valence-corrected chi connectivity index (χ1v) is 7.87. The standard InChI is InChI=1S/C11H12N4O3S2/c1-7-4-3-5-9(6-7)15-20(17,18)11-14-13-10(19-11)12-8(2)16/h3-6,15H,1-2H3,(H,12,13,16). The lowest BCUT2D eigenvalue weighted by atomic mass is 10.2. The molecule has 0 saturated heterocycles. The molecule has 2 N–H and O–H groups in total. The highest BCUT2D eigenvalue weighted by Crippen LogP contribution is 2.22. The van der Waals surface area contributed by atoms with Crippen molar-refractivity contribution in [1.82, 2.24) is 10.2 Å². The van der Waals surface area contributed by atoms with Crippen molar-refractivity contribution in [3.8, 4) is 0 Å². The summed E-state index contributed by atoms with van der Waals surface area (Å²) in [5.74, 6) is -0.336. The molecule has 0 atom stereocenters. The minimum atomic E-state index is -3.80. The summed E-state index contributed by atoms with van der Waals surface area (Å²) in [7, 11) is -3.80. The maximum absolute atomic E-state index is 12.1. The molecule has 1 aromatic heterocycles. The van der Waals surface area contributed by atoms with Crippen LogP contribution in [0.25, 0.3) is 0 Å². The Morgan fingerprint density at radius 1 is 1.30 bits per heavy atom. The number of nitrogens with one attached hydrogen (secondary N) is 2. The number of hydrogen-bond donors (Lipinski definition) is 2. The number of aromatic nitrogens is 2. The summed E-state index contributed by atoms with van der Waals surface area (Å²) in [6, 6.07) is 6.95. The molecule has 2 rings (SSSR count). The molecule has 0 fully saturated rings. The molecule has 0 aliphatic rings. The Labute approximate surface area is 120 Å². The minimum Gasteiger partial charge on any atom is -0.301 e. The Kier molecular flexibility index (Phi) is 4.00. The summed E-state index contributed by atoms with van der Waals surface area (Å²) in [5, 5.41) is 9.69. The van der Waals surface area contributed by atoms with Gasteiger partial charge in [0.25, 0.3) is 14.4 Å². The predicted octanol–water partition coefficient (Wildman–Crippen LogP) is 1.61. The molecule has 106 valence electrons. The van der Waals surface area contributed by atoms with Gasteiger partial charge in [-0.15, -0.1) is 10.2 Å². The van der Waals surface area contributed by atoms with Gasteiger partial charge in [0, 0.05) is 12.6 Å². The maximum Gasteiger partial charge on any atom is 0.291 e. The molecular weight excluding hydrogens is 300 g/mol. The number of aryl methyl sites for hydroxylation is 1. The molecule has 1 amide bonds. The fourth-order valence-electron chi connectivity index (χ4n) is 1.43. The Bertz CT molecular complexity index is 740. The van der Waals surface area contributed by atoms with Crippen LogP contribution in [0.5, 0.6) is 0 Å². The molecule has 0 aliphatic carbocycles. The van der Waals surface area contributed by atoms with E-state index >= 15 is 0 Å². The van der Waals surface area contributed by atoms with E-state index in [4.69, 9.17) is 0 Å². The number of carbonyl (C=O) groups excluding carboxylic acids is 1. The first kappa shape index (κ1) is 14.4. The van der Waals surface area contributed by atoms with Gasteiger partial charge in [0.2, 0.25) is 11.0 Å². The third kappa shape index (κ3) is 3.52. The molecule has 2 aromatic rings. The van der Waals surface area contributed by atoms with Crippen LogP contribution in [0.15, 0.2) is 28.6 Å². The maximum atomic E-state index is 12.1. The van der Waals surface area contributed by atoms with Crippen LogP contribution in [0.3, 0.4) is 0 Å². The summed E-state index contributed by atoms with van der Waals surface area (Å²) in [6.07, 6.45) is 0. The molecule has 1 heterocycles. The quantitative estimate of drug-likeness (QED) is 0.835. The lowest BCUT2D eigenvalue weighted by molar-refractivity contribution is -0.114. The second-order valence-electron chi connectivity index (χ2n) is 4.03. The number of carbonyl (C=O) groups is 1. The highest BCUT2D eigenvalue weighted by Gasteiger charge is 2.20. The zero-order chi connectivity index (χ0) is 14.8. The van der Waals surface area contributed by atoms with Crippen molar-refractivity contribution >= 4 is 38.1 Å². The number of amides is 1. The van der Waals surface area contributed by atoms with Gasteiger partial charge in [-0.3, -0.25) is 9.52 Å². The Balaban J connectivity index is 2.22. The van der Waals surface area contributed by atoms with Gasteiger partial charge < -0.3 is 5.32 Å². The zero-order valence-corrected chi connectivity index (χ0v) is 12.4. The van der Waals surface area contributed by atoms with Crippen LogP contribution < -0.4 is 10.0 Å². The average molecular weight is 312 g/mol. The Morgan fingerprint density at radius 3 is 2.70 bits per heavy atom. The second-order valence-corrected chi connectivity index (χ2v) is 6.86. The van der Waals surface area contributed by atoms with Crippen LogP contribution in [0.1, 0.15) is 12.5 Å². The second kappa shape index (κ2) is 5.55. The van der Waals surface area contributed by atoms with Gasteiger partial charge >= 0.3 is 0 Å². The minimum absolute atomic E-state index is 0.141. The zero-order valence-electron chi connectivity index (χ0n) is 10.7. The fraction of sp³-hybridized carbons (Fsp3) is 0.182. The van der Waals surface area contributed by atoms with Gasteiger partial charge in [-0.25, -0.2) is 0 Å². The van der Waals surface area contributed by atoms with Gasteiger partial charge in [0.05, 0.1) is 0 Å². The molecule has 20 heavy (non-hydrogen) atoms. The molecule has 0 radical (unpaired) electrons. The third-order valence-electron chi connectivity index (χ3n) is 2.19. The van der Waals surface area contributed by atoms with Crippen molar-refractivity contribution in [2.75, 3.05) is 10.0 Å². The molecule has 9 heteroatoms.